The van der Waals surface area contributed by atoms with Crippen molar-refractivity contribution in [1.82, 2.24) is 9.97 Å². The van der Waals surface area contributed by atoms with Crippen LogP contribution in [0.15, 0.2) is 54.9 Å². The highest BCUT2D eigenvalue weighted by Crippen LogP contribution is 2.26. The van der Waals surface area contributed by atoms with Crippen molar-refractivity contribution in [2.45, 2.75) is 6.61 Å². The molecule has 2 aromatic carbocycles. The molecular formula is C16H12N2O2. The fourth-order valence-electron chi connectivity index (χ4n) is 2.07. The Balaban J connectivity index is 1.93. The summed E-state index contributed by atoms with van der Waals surface area (Å²) in [6.07, 6.45) is 4.14. The summed E-state index contributed by atoms with van der Waals surface area (Å²) in [5, 5.41) is 1.90. The number of rotatable bonds is 4. The molecule has 0 amide bonds. The first-order valence-electron chi connectivity index (χ1n) is 6.24. The van der Waals surface area contributed by atoms with Gasteiger partial charge < -0.3 is 4.74 Å². The highest BCUT2D eigenvalue weighted by molar-refractivity contribution is 6.00. The number of ether oxygens (including phenoxy) is 1. The van der Waals surface area contributed by atoms with Crippen LogP contribution in [0.5, 0.6) is 5.75 Å². The average Bonchev–Trinajstić information content (AvgIpc) is 2.53. The molecular weight excluding hydrogens is 252 g/mol. The normalized spacial score (nSPS) is 10.4. The molecule has 0 radical (unpaired) electrons. The molecule has 0 unspecified atom stereocenters. The van der Waals surface area contributed by atoms with Crippen molar-refractivity contribution in [3.8, 4) is 5.75 Å². The molecule has 1 heterocycles. The molecule has 1 aromatic heterocycles. The Bertz CT molecular complexity index is 742. The van der Waals surface area contributed by atoms with Crippen LogP contribution in [0.25, 0.3) is 10.8 Å². The maximum atomic E-state index is 11.3. The van der Waals surface area contributed by atoms with Gasteiger partial charge in [-0.05, 0) is 22.9 Å². The second kappa shape index (κ2) is 5.48. The summed E-state index contributed by atoms with van der Waals surface area (Å²) in [6.45, 7) is 0.236. The summed E-state index contributed by atoms with van der Waals surface area (Å²) in [4.78, 5) is 19.5. The number of fused-ring (bicyclic) bond motifs is 1. The standard InChI is InChI=1S/C16H12N2O2/c19-10-14-13-5-2-1-4-12(13)6-7-15(14)20-11-16-17-8-3-9-18-16/h1-10H,11H2. The third-order valence-corrected chi connectivity index (χ3v) is 3.02. The number of carbonyl (C=O) groups is 1. The van der Waals surface area contributed by atoms with E-state index in [1.165, 1.54) is 0 Å². The smallest absolute Gasteiger partial charge is 0.166 e. The molecule has 4 heteroatoms. The average molecular weight is 264 g/mol. The van der Waals surface area contributed by atoms with Crippen molar-refractivity contribution in [1.29, 1.82) is 0 Å². The Hall–Kier alpha value is -2.75. The van der Waals surface area contributed by atoms with E-state index in [1.54, 1.807) is 24.5 Å². The third-order valence-electron chi connectivity index (χ3n) is 3.02. The van der Waals surface area contributed by atoms with E-state index in [4.69, 9.17) is 4.74 Å². The number of hydrogen-bond donors (Lipinski definition) is 0. The predicted molar refractivity (Wildman–Crippen MR) is 75.7 cm³/mol. The van der Waals surface area contributed by atoms with Crippen LogP contribution >= 0.6 is 0 Å². The molecule has 20 heavy (non-hydrogen) atoms. The molecule has 0 fully saturated rings. The maximum absolute atomic E-state index is 11.3. The molecule has 0 aliphatic rings. The van der Waals surface area contributed by atoms with Crippen LogP contribution in [-0.4, -0.2) is 16.3 Å². The number of benzene rings is 2. The lowest BCUT2D eigenvalue weighted by molar-refractivity contribution is 0.112. The van der Waals surface area contributed by atoms with E-state index in [9.17, 15) is 4.79 Å². The molecule has 0 aliphatic carbocycles. The lowest BCUT2D eigenvalue weighted by atomic mass is 10.0. The van der Waals surface area contributed by atoms with Gasteiger partial charge in [-0.3, -0.25) is 4.79 Å². The third kappa shape index (κ3) is 2.36. The lowest BCUT2D eigenvalue weighted by Gasteiger charge is -2.09. The second-order valence-electron chi connectivity index (χ2n) is 4.27. The monoisotopic (exact) mass is 264 g/mol. The first-order valence-corrected chi connectivity index (χ1v) is 6.24. The number of hydrogen-bond acceptors (Lipinski definition) is 4. The molecule has 3 rings (SSSR count). The van der Waals surface area contributed by atoms with Crippen molar-refractivity contribution in [2.24, 2.45) is 0 Å². The van der Waals surface area contributed by atoms with E-state index in [0.29, 0.717) is 17.1 Å². The first-order chi connectivity index (χ1) is 9.88. The molecule has 0 saturated heterocycles. The molecule has 0 spiro atoms. The van der Waals surface area contributed by atoms with Crippen molar-refractivity contribution >= 4 is 17.1 Å². The minimum Gasteiger partial charge on any atom is -0.485 e. The van der Waals surface area contributed by atoms with Gasteiger partial charge in [0, 0.05) is 12.4 Å². The van der Waals surface area contributed by atoms with Crippen LogP contribution in [0.1, 0.15) is 16.2 Å². The summed E-state index contributed by atoms with van der Waals surface area (Å²) in [5.74, 6) is 1.13. The van der Waals surface area contributed by atoms with Gasteiger partial charge in [0.25, 0.3) is 0 Å². The van der Waals surface area contributed by atoms with Gasteiger partial charge in [-0.1, -0.05) is 30.3 Å². The molecule has 0 saturated carbocycles. The molecule has 98 valence electrons. The fraction of sp³-hybridized carbons (Fsp3) is 0.0625. The zero-order valence-electron chi connectivity index (χ0n) is 10.7. The summed E-state index contributed by atoms with van der Waals surface area (Å²) >= 11 is 0. The zero-order valence-corrected chi connectivity index (χ0v) is 10.7. The molecule has 4 nitrogen and oxygen atoms in total. The molecule has 0 atom stereocenters. The van der Waals surface area contributed by atoms with E-state index >= 15 is 0 Å². The molecule has 0 N–H and O–H groups in total. The van der Waals surface area contributed by atoms with E-state index in [0.717, 1.165) is 17.1 Å². The zero-order chi connectivity index (χ0) is 13.8. The Morgan fingerprint density at radius 3 is 2.60 bits per heavy atom. The topological polar surface area (TPSA) is 52.1 Å². The summed E-state index contributed by atoms with van der Waals surface area (Å²) in [6, 6.07) is 13.2. The lowest BCUT2D eigenvalue weighted by Crippen LogP contribution is -2.02. The van der Waals surface area contributed by atoms with E-state index in [2.05, 4.69) is 9.97 Å². The SMILES string of the molecule is O=Cc1c(OCc2ncccn2)ccc2ccccc12. The van der Waals surface area contributed by atoms with Gasteiger partial charge in [0.15, 0.2) is 12.1 Å². The van der Waals surface area contributed by atoms with Crippen LogP contribution in [0, 0.1) is 0 Å². The van der Waals surface area contributed by atoms with Gasteiger partial charge in [0.05, 0.1) is 5.56 Å². The minimum absolute atomic E-state index is 0.236. The van der Waals surface area contributed by atoms with E-state index in [-0.39, 0.29) is 6.61 Å². The van der Waals surface area contributed by atoms with Gasteiger partial charge in [-0.2, -0.15) is 0 Å². The Labute approximate surface area is 116 Å². The van der Waals surface area contributed by atoms with Crippen LogP contribution in [0.3, 0.4) is 0 Å². The van der Waals surface area contributed by atoms with Gasteiger partial charge in [-0.25, -0.2) is 9.97 Å². The van der Waals surface area contributed by atoms with Crippen molar-refractivity contribution in [3.63, 3.8) is 0 Å². The quantitative estimate of drug-likeness (QED) is 0.680. The Morgan fingerprint density at radius 2 is 1.80 bits per heavy atom. The summed E-state index contributed by atoms with van der Waals surface area (Å²) in [7, 11) is 0. The fourth-order valence-corrected chi connectivity index (χ4v) is 2.07. The van der Waals surface area contributed by atoms with Crippen molar-refractivity contribution in [2.75, 3.05) is 0 Å². The predicted octanol–water partition coefficient (Wildman–Crippen LogP) is 3.02. The Morgan fingerprint density at radius 1 is 1.00 bits per heavy atom. The second-order valence-corrected chi connectivity index (χ2v) is 4.27. The first kappa shape index (κ1) is 12.3. The van der Waals surface area contributed by atoms with Crippen molar-refractivity contribution in [3.05, 3.63) is 66.2 Å². The van der Waals surface area contributed by atoms with E-state index < -0.39 is 0 Å². The van der Waals surface area contributed by atoms with Crippen LogP contribution < -0.4 is 4.74 Å². The van der Waals surface area contributed by atoms with Crippen LogP contribution in [0.2, 0.25) is 0 Å². The highest BCUT2D eigenvalue weighted by Gasteiger charge is 2.08. The highest BCUT2D eigenvalue weighted by atomic mass is 16.5. The van der Waals surface area contributed by atoms with Crippen molar-refractivity contribution < 1.29 is 9.53 Å². The van der Waals surface area contributed by atoms with E-state index in [1.807, 2.05) is 30.3 Å². The summed E-state index contributed by atoms with van der Waals surface area (Å²) in [5.41, 5.74) is 0.555. The summed E-state index contributed by atoms with van der Waals surface area (Å²) < 4.78 is 5.67. The van der Waals surface area contributed by atoms with Crippen LogP contribution in [-0.2, 0) is 6.61 Å². The maximum Gasteiger partial charge on any atom is 0.166 e. The van der Waals surface area contributed by atoms with Gasteiger partial charge in [-0.15, -0.1) is 0 Å². The van der Waals surface area contributed by atoms with Crippen LogP contribution in [0.4, 0.5) is 0 Å². The number of aromatic nitrogens is 2. The van der Waals surface area contributed by atoms with Gasteiger partial charge in [0.1, 0.15) is 12.4 Å². The molecule has 3 aromatic rings. The minimum atomic E-state index is 0.236. The Kier molecular flexibility index (Phi) is 3.37. The largest absolute Gasteiger partial charge is 0.485 e. The number of carbonyl (C=O) groups excluding carboxylic acids is 1. The molecule has 0 aliphatic heterocycles. The van der Waals surface area contributed by atoms with Gasteiger partial charge in [0.2, 0.25) is 0 Å². The number of nitrogens with zero attached hydrogens (tertiary/aromatic N) is 2. The molecule has 0 bridgehead atoms. The number of aldehydes is 1. The van der Waals surface area contributed by atoms with Gasteiger partial charge >= 0.3 is 0 Å².